The first-order chi connectivity index (χ1) is 8.30. The van der Waals surface area contributed by atoms with Crippen molar-refractivity contribution in [3.05, 3.63) is 24.0 Å². The molecule has 18 heavy (non-hydrogen) atoms. The zero-order chi connectivity index (χ0) is 13.8. The number of nitrogens with one attached hydrogen (secondary N) is 1. The summed E-state index contributed by atoms with van der Waals surface area (Å²) in [4.78, 5) is 0. The number of halogens is 1. The molecule has 1 aromatic rings. The number of ether oxygens (including phenoxy) is 1. The van der Waals surface area contributed by atoms with E-state index in [1.807, 2.05) is 13.8 Å². The molecule has 1 rings (SSSR count). The summed E-state index contributed by atoms with van der Waals surface area (Å²) in [6.45, 7) is 3.74. The highest BCUT2D eigenvalue weighted by atomic mass is 32.2. The quantitative estimate of drug-likeness (QED) is 0.773. The molecule has 0 aliphatic heterocycles. The smallest absolute Gasteiger partial charge is 0.235 e. The van der Waals surface area contributed by atoms with E-state index in [9.17, 15) is 12.8 Å². The summed E-state index contributed by atoms with van der Waals surface area (Å²) in [6.07, 6.45) is -0.0262. The first-order valence-electron chi connectivity index (χ1n) is 5.47. The monoisotopic (exact) mass is 276 g/mol. The molecule has 0 saturated carbocycles. The van der Waals surface area contributed by atoms with Gasteiger partial charge in [-0.25, -0.2) is 12.8 Å². The van der Waals surface area contributed by atoms with Crippen LogP contribution >= 0.6 is 0 Å². The second-order valence-corrected chi connectivity index (χ2v) is 5.92. The summed E-state index contributed by atoms with van der Waals surface area (Å²) in [5, 5.41) is 0. The van der Waals surface area contributed by atoms with Crippen molar-refractivity contribution < 1.29 is 17.5 Å². The SMILES string of the molecule is CC(C)OCCS(=O)(=O)Nc1ccc(F)c(N)c1. The fourth-order valence-corrected chi connectivity index (χ4v) is 2.14. The fourth-order valence-electron chi connectivity index (χ4n) is 1.23. The van der Waals surface area contributed by atoms with Gasteiger partial charge in [0.25, 0.3) is 0 Å². The molecule has 102 valence electrons. The summed E-state index contributed by atoms with van der Waals surface area (Å²) >= 11 is 0. The lowest BCUT2D eigenvalue weighted by Gasteiger charge is -2.10. The Hall–Kier alpha value is -1.34. The maximum Gasteiger partial charge on any atom is 0.235 e. The first kappa shape index (κ1) is 14.7. The standard InChI is InChI=1S/C11H17FN2O3S/c1-8(2)17-5-6-18(15,16)14-9-3-4-10(12)11(13)7-9/h3-4,7-8,14H,5-6,13H2,1-2H3. The van der Waals surface area contributed by atoms with Crippen molar-refractivity contribution in [2.24, 2.45) is 0 Å². The third-order valence-corrected chi connectivity index (χ3v) is 3.32. The van der Waals surface area contributed by atoms with Crippen LogP contribution in [0.5, 0.6) is 0 Å². The molecule has 0 fully saturated rings. The van der Waals surface area contributed by atoms with Crippen LogP contribution in [0.15, 0.2) is 18.2 Å². The first-order valence-corrected chi connectivity index (χ1v) is 7.12. The normalized spacial score (nSPS) is 11.8. The molecule has 5 nitrogen and oxygen atoms in total. The van der Waals surface area contributed by atoms with Crippen LogP contribution < -0.4 is 10.5 Å². The minimum Gasteiger partial charge on any atom is -0.396 e. The average Bonchev–Trinajstić information content (AvgIpc) is 2.22. The maximum atomic E-state index is 12.9. The minimum atomic E-state index is -3.51. The van der Waals surface area contributed by atoms with Crippen LogP contribution in [0.1, 0.15) is 13.8 Å². The highest BCUT2D eigenvalue weighted by Crippen LogP contribution is 2.17. The molecule has 0 aliphatic carbocycles. The number of hydrogen-bond acceptors (Lipinski definition) is 4. The van der Waals surface area contributed by atoms with Crippen molar-refractivity contribution in [2.75, 3.05) is 22.8 Å². The van der Waals surface area contributed by atoms with Crippen LogP contribution in [-0.4, -0.2) is 26.9 Å². The molecule has 0 unspecified atom stereocenters. The van der Waals surface area contributed by atoms with Crippen molar-refractivity contribution in [2.45, 2.75) is 20.0 Å². The summed E-state index contributed by atoms with van der Waals surface area (Å²) in [6, 6.07) is 3.65. The number of nitrogens with two attached hydrogens (primary N) is 1. The number of benzene rings is 1. The molecular formula is C11H17FN2O3S. The zero-order valence-electron chi connectivity index (χ0n) is 10.3. The van der Waals surface area contributed by atoms with E-state index in [2.05, 4.69) is 4.72 Å². The zero-order valence-corrected chi connectivity index (χ0v) is 11.1. The van der Waals surface area contributed by atoms with Crippen molar-refractivity contribution >= 4 is 21.4 Å². The van der Waals surface area contributed by atoms with Gasteiger partial charge in [0.1, 0.15) is 5.82 Å². The van der Waals surface area contributed by atoms with E-state index in [4.69, 9.17) is 10.5 Å². The average molecular weight is 276 g/mol. The number of nitrogen functional groups attached to an aromatic ring is 1. The molecule has 0 amide bonds. The summed E-state index contributed by atoms with van der Waals surface area (Å²) in [5.41, 5.74) is 5.48. The van der Waals surface area contributed by atoms with Gasteiger partial charge in [-0.2, -0.15) is 0 Å². The lowest BCUT2D eigenvalue weighted by Crippen LogP contribution is -2.21. The molecule has 1 aromatic carbocycles. The van der Waals surface area contributed by atoms with E-state index in [-0.39, 0.29) is 29.8 Å². The topological polar surface area (TPSA) is 81.4 Å². The second-order valence-electron chi connectivity index (χ2n) is 4.08. The van der Waals surface area contributed by atoms with Crippen LogP contribution in [0, 0.1) is 5.82 Å². The Kier molecular flexibility index (Phi) is 4.92. The summed E-state index contributed by atoms with van der Waals surface area (Å²) in [5.74, 6) is -0.747. The molecular weight excluding hydrogens is 259 g/mol. The molecule has 3 N–H and O–H groups in total. The molecule has 0 aliphatic rings. The molecule has 0 aromatic heterocycles. The third-order valence-electron chi connectivity index (χ3n) is 2.07. The van der Waals surface area contributed by atoms with E-state index in [1.54, 1.807) is 0 Å². The third kappa shape index (κ3) is 4.89. The van der Waals surface area contributed by atoms with E-state index in [1.165, 1.54) is 12.1 Å². The van der Waals surface area contributed by atoms with Gasteiger partial charge in [-0.1, -0.05) is 0 Å². The largest absolute Gasteiger partial charge is 0.396 e. The lowest BCUT2D eigenvalue weighted by molar-refractivity contribution is 0.0913. The lowest BCUT2D eigenvalue weighted by atomic mass is 10.3. The van der Waals surface area contributed by atoms with Crippen molar-refractivity contribution in [3.63, 3.8) is 0 Å². The Morgan fingerprint density at radius 1 is 1.44 bits per heavy atom. The van der Waals surface area contributed by atoms with Crippen LogP contribution in [0.25, 0.3) is 0 Å². The van der Waals surface area contributed by atoms with E-state index in [0.717, 1.165) is 6.07 Å². The number of sulfonamides is 1. The Morgan fingerprint density at radius 2 is 2.11 bits per heavy atom. The Labute approximate surface area is 106 Å². The van der Waals surface area contributed by atoms with Crippen LogP contribution in [0.3, 0.4) is 0 Å². The molecule has 0 radical (unpaired) electrons. The van der Waals surface area contributed by atoms with Gasteiger partial charge >= 0.3 is 0 Å². The number of rotatable bonds is 6. The summed E-state index contributed by atoms with van der Waals surface area (Å²) < 4.78 is 43.7. The predicted molar refractivity (Wildman–Crippen MR) is 69.3 cm³/mol. The van der Waals surface area contributed by atoms with Gasteiger partial charge < -0.3 is 10.5 Å². The van der Waals surface area contributed by atoms with Gasteiger partial charge in [0, 0.05) is 0 Å². The van der Waals surface area contributed by atoms with Crippen molar-refractivity contribution in [1.82, 2.24) is 0 Å². The molecule has 0 saturated heterocycles. The minimum absolute atomic E-state index is 0.0262. The molecule has 0 heterocycles. The van der Waals surface area contributed by atoms with Gasteiger partial charge in [0.15, 0.2) is 0 Å². The fraction of sp³-hybridized carbons (Fsp3) is 0.455. The van der Waals surface area contributed by atoms with E-state index < -0.39 is 15.8 Å². The Balaban J connectivity index is 2.62. The van der Waals surface area contributed by atoms with Gasteiger partial charge in [-0.15, -0.1) is 0 Å². The van der Waals surface area contributed by atoms with Gasteiger partial charge in [0.05, 0.1) is 29.8 Å². The van der Waals surface area contributed by atoms with Crippen LogP contribution in [-0.2, 0) is 14.8 Å². The van der Waals surface area contributed by atoms with Gasteiger partial charge in [0.2, 0.25) is 10.0 Å². The number of anilines is 2. The molecule has 7 heteroatoms. The maximum absolute atomic E-state index is 12.9. The highest BCUT2D eigenvalue weighted by Gasteiger charge is 2.11. The molecule has 0 bridgehead atoms. The van der Waals surface area contributed by atoms with Gasteiger partial charge in [-0.3, -0.25) is 4.72 Å². The molecule has 0 spiro atoms. The van der Waals surface area contributed by atoms with Gasteiger partial charge in [-0.05, 0) is 32.0 Å². The predicted octanol–water partition coefficient (Wildman–Crippen LogP) is 1.57. The molecule has 0 atom stereocenters. The van der Waals surface area contributed by atoms with Crippen molar-refractivity contribution in [1.29, 1.82) is 0 Å². The Morgan fingerprint density at radius 3 is 2.67 bits per heavy atom. The van der Waals surface area contributed by atoms with E-state index >= 15 is 0 Å². The second kappa shape index (κ2) is 6.01. The van der Waals surface area contributed by atoms with Crippen molar-refractivity contribution in [3.8, 4) is 0 Å². The van der Waals surface area contributed by atoms with Crippen LogP contribution in [0.2, 0.25) is 0 Å². The summed E-state index contributed by atoms with van der Waals surface area (Å²) in [7, 11) is -3.51. The Bertz CT molecular complexity index is 503. The van der Waals surface area contributed by atoms with Crippen LogP contribution in [0.4, 0.5) is 15.8 Å². The van der Waals surface area contributed by atoms with E-state index in [0.29, 0.717) is 0 Å². The highest BCUT2D eigenvalue weighted by molar-refractivity contribution is 7.92. The number of hydrogen-bond donors (Lipinski definition) is 2.